The third-order valence-electron chi connectivity index (χ3n) is 5.21. The molecule has 6 heteroatoms. The van der Waals surface area contributed by atoms with Crippen molar-refractivity contribution >= 4 is 5.97 Å². The topological polar surface area (TPSA) is 35.5 Å². The zero-order chi connectivity index (χ0) is 17.4. The summed E-state index contributed by atoms with van der Waals surface area (Å²) in [4.78, 5) is 11.6. The first-order chi connectivity index (χ1) is 11.3. The van der Waals surface area contributed by atoms with Crippen LogP contribution in [0.1, 0.15) is 50.2 Å². The van der Waals surface area contributed by atoms with Crippen LogP contribution in [0.2, 0.25) is 0 Å². The summed E-state index contributed by atoms with van der Waals surface area (Å²) in [7, 11) is 0. The van der Waals surface area contributed by atoms with Gasteiger partial charge in [-0.2, -0.15) is 13.2 Å². The summed E-state index contributed by atoms with van der Waals surface area (Å²) in [5, 5.41) is 0. The lowest BCUT2D eigenvalue weighted by Gasteiger charge is -2.36. The van der Waals surface area contributed by atoms with E-state index in [-0.39, 0.29) is 17.3 Å². The number of alkyl halides is 3. The van der Waals surface area contributed by atoms with E-state index >= 15 is 0 Å². The molecule has 1 spiro atoms. The number of ether oxygens (including phenoxy) is 2. The Labute approximate surface area is 139 Å². The first-order valence-electron chi connectivity index (χ1n) is 8.34. The van der Waals surface area contributed by atoms with Crippen LogP contribution in [-0.4, -0.2) is 19.2 Å². The van der Waals surface area contributed by atoms with E-state index < -0.39 is 11.7 Å². The maximum Gasteiger partial charge on any atom is 0.416 e. The maximum absolute atomic E-state index is 12.8. The van der Waals surface area contributed by atoms with E-state index in [4.69, 9.17) is 9.47 Å². The minimum Gasteiger partial charge on any atom is -0.492 e. The molecule has 1 saturated carbocycles. The smallest absolute Gasteiger partial charge is 0.416 e. The molecular formula is C18H21F3O3. The number of benzene rings is 1. The molecule has 132 valence electrons. The molecule has 0 atom stereocenters. The van der Waals surface area contributed by atoms with Crippen LogP contribution < -0.4 is 4.74 Å². The third-order valence-corrected chi connectivity index (χ3v) is 5.21. The largest absolute Gasteiger partial charge is 0.492 e. The van der Waals surface area contributed by atoms with Crippen LogP contribution in [0.3, 0.4) is 0 Å². The Balaban J connectivity index is 1.70. The number of carbonyl (C=O) groups excluding carboxylic acids is 1. The zero-order valence-electron chi connectivity index (χ0n) is 13.6. The maximum atomic E-state index is 12.8. The second kappa shape index (κ2) is 6.30. The van der Waals surface area contributed by atoms with Crippen LogP contribution in [0.4, 0.5) is 13.2 Å². The van der Waals surface area contributed by atoms with Gasteiger partial charge in [0.05, 0.1) is 18.8 Å². The summed E-state index contributed by atoms with van der Waals surface area (Å²) in [5.74, 6) is 0.471. The fourth-order valence-corrected chi connectivity index (χ4v) is 3.85. The summed E-state index contributed by atoms with van der Waals surface area (Å²) in [6.45, 7) is 2.60. The minimum absolute atomic E-state index is 0.170. The molecule has 0 bridgehead atoms. The lowest BCUT2D eigenvalue weighted by molar-refractivity contribution is -0.144. The van der Waals surface area contributed by atoms with Crippen molar-refractivity contribution in [1.29, 1.82) is 0 Å². The number of esters is 1. The lowest BCUT2D eigenvalue weighted by atomic mass is 9.67. The molecule has 1 aromatic carbocycles. The number of fused-ring (bicyclic) bond motifs is 2. The van der Waals surface area contributed by atoms with E-state index in [1.54, 1.807) is 13.0 Å². The molecule has 3 rings (SSSR count). The highest BCUT2D eigenvalue weighted by Gasteiger charge is 2.44. The average Bonchev–Trinajstić information content (AvgIpc) is 2.87. The van der Waals surface area contributed by atoms with Gasteiger partial charge >= 0.3 is 12.1 Å². The molecule has 0 radical (unpaired) electrons. The Morgan fingerprint density at radius 3 is 2.67 bits per heavy atom. The van der Waals surface area contributed by atoms with Gasteiger partial charge in [0, 0.05) is 17.4 Å². The first kappa shape index (κ1) is 17.1. The number of carbonyl (C=O) groups is 1. The third kappa shape index (κ3) is 3.23. The quantitative estimate of drug-likeness (QED) is 0.760. The number of hydrogen-bond donors (Lipinski definition) is 0. The normalized spacial score (nSPS) is 26.1. The highest BCUT2D eigenvalue weighted by atomic mass is 19.4. The predicted molar refractivity (Wildman–Crippen MR) is 81.8 cm³/mol. The second-order valence-electron chi connectivity index (χ2n) is 6.73. The fraction of sp³-hybridized carbons (Fsp3) is 0.611. The van der Waals surface area contributed by atoms with E-state index in [1.807, 2.05) is 0 Å². The second-order valence-corrected chi connectivity index (χ2v) is 6.73. The number of hydrogen-bond acceptors (Lipinski definition) is 3. The first-order valence-corrected chi connectivity index (χ1v) is 8.34. The van der Waals surface area contributed by atoms with Gasteiger partial charge in [-0.15, -0.1) is 0 Å². The molecule has 0 amide bonds. The van der Waals surface area contributed by atoms with Gasteiger partial charge in [-0.3, -0.25) is 4.79 Å². The van der Waals surface area contributed by atoms with Gasteiger partial charge in [0.2, 0.25) is 0 Å². The molecule has 1 heterocycles. The van der Waals surface area contributed by atoms with Gasteiger partial charge in [0.25, 0.3) is 0 Å². The SMILES string of the molecule is CCOC(=O)CC1CCC2(CC1)COc1cc(C(F)(F)F)ccc12. The monoisotopic (exact) mass is 342 g/mol. The summed E-state index contributed by atoms with van der Waals surface area (Å²) in [6, 6.07) is 3.81. The Morgan fingerprint density at radius 1 is 1.33 bits per heavy atom. The van der Waals surface area contributed by atoms with Crippen molar-refractivity contribution in [3.05, 3.63) is 29.3 Å². The fourth-order valence-electron chi connectivity index (χ4n) is 3.85. The van der Waals surface area contributed by atoms with Crippen LogP contribution in [0, 0.1) is 5.92 Å². The molecular weight excluding hydrogens is 321 g/mol. The molecule has 0 N–H and O–H groups in total. The van der Waals surface area contributed by atoms with Crippen molar-refractivity contribution in [2.75, 3.05) is 13.2 Å². The Morgan fingerprint density at radius 2 is 2.04 bits per heavy atom. The van der Waals surface area contributed by atoms with E-state index in [1.165, 1.54) is 0 Å². The van der Waals surface area contributed by atoms with Gasteiger partial charge < -0.3 is 9.47 Å². The highest BCUT2D eigenvalue weighted by Crippen LogP contribution is 2.50. The lowest BCUT2D eigenvalue weighted by Crippen LogP contribution is -2.34. The summed E-state index contributed by atoms with van der Waals surface area (Å²) < 4.78 is 49.1. The Hall–Kier alpha value is -1.72. The minimum atomic E-state index is -4.36. The van der Waals surface area contributed by atoms with Crippen molar-refractivity contribution in [1.82, 2.24) is 0 Å². The van der Waals surface area contributed by atoms with Crippen molar-refractivity contribution in [3.8, 4) is 5.75 Å². The Kier molecular flexibility index (Phi) is 4.49. The van der Waals surface area contributed by atoms with Gasteiger partial charge in [-0.25, -0.2) is 0 Å². The Bertz CT molecular complexity index is 616. The number of rotatable bonds is 3. The van der Waals surface area contributed by atoms with Gasteiger partial charge in [-0.05, 0) is 50.7 Å². The van der Waals surface area contributed by atoms with E-state index in [2.05, 4.69) is 0 Å². The molecule has 3 nitrogen and oxygen atoms in total. The van der Waals surface area contributed by atoms with Crippen molar-refractivity contribution < 1.29 is 27.4 Å². The van der Waals surface area contributed by atoms with Crippen molar-refractivity contribution in [3.63, 3.8) is 0 Å². The van der Waals surface area contributed by atoms with E-state index in [0.29, 0.717) is 25.4 Å². The van der Waals surface area contributed by atoms with Crippen molar-refractivity contribution in [2.45, 2.75) is 50.6 Å². The standard InChI is InChI=1S/C18H21F3O3/c1-2-23-16(22)9-12-5-7-17(8-6-12)11-24-15-10-13(18(19,20)21)3-4-14(15)17/h3-4,10,12H,2,5-9,11H2,1H3. The molecule has 1 aliphatic carbocycles. The van der Waals surface area contributed by atoms with Crippen LogP contribution in [0.25, 0.3) is 0 Å². The molecule has 0 saturated heterocycles. The van der Waals surface area contributed by atoms with Gasteiger partial charge in [0.1, 0.15) is 5.75 Å². The average molecular weight is 342 g/mol. The number of halogens is 3. The van der Waals surface area contributed by atoms with Crippen molar-refractivity contribution in [2.24, 2.45) is 5.92 Å². The van der Waals surface area contributed by atoms with Gasteiger partial charge in [-0.1, -0.05) is 6.07 Å². The zero-order valence-corrected chi connectivity index (χ0v) is 13.6. The van der Waals surface area contributed by atoms with E-state index in [9.17, 15) is 18.0 Å². The molecule has 2 aliphatic rings. The molecule has 1 aliphatic heterocycles. The summed E-state index contributed by atoms with van der Waals surface area (Å²) in [5.41, 5.74) is 0.00401. The molecule has 1 fully saturated rings. The molecule has 24 heavy (non-hydrogen) atoms. The van der Waals surface area contributed by atoms with E-state index in [0.717, 1.165) is 43.4 Å². The summed E-state index contributed by atoms with van der Waals surface area (Å²) in [6.07, 6.45) is -0.549. The molecule has 1 aromatic rings. The van der Waals surface area contributed by atoms with Crippen LogP contribution in [-0.2, 0) is 21.1 Å². The van der Waals surface area contributed by atoms with Crippen LogP contribution in [0.5, 0.6) is 5.75 Å². The van der Waals surface area contributed by atoms with Gasteiger partial charge in [0.15, 0.2) is 0 Å². The predicted octanol–water partition coefficient (Wildman–Crippen LogP) is 4.48. The highest BCUT2D eigenvalue weighted by molar-refractivity contribution is 5.69. The molecule has 0 aromatic heterocycles. The summed E-state index contributed by atoms with van der Waals surface area (Å²) >= 11 is 0. The van der Waals surface area contributed by atoms with Crippen LogP contribution in [0.15, 0.2) is 18.2 Å². The molecule has 0 unspecified atom stereocenters. The van der Waals surface area contributed by atoms with Crippen LogP contribution >= 0.6 is 0 Å².